The van der Waals surface area contributed by atoms with Crippen molar-refractivity contribution in [3.8, 4) is 5.75 Å². The van der Waals surface area contributed by atoms with E-state index in [1.807, 2.05) is 0 Å². The minimum absolute atomic E-state index is 0.0784. The third-order valence-electron chi connectivity index (χ3n) is 4.08. The maximum atomic E-state index is 12.4. The molecule has 3 rings (SSSR count). The number of nitrogens with one attached hydrogen (secondary N) is 1. The lowest BCUT2D eigenvalue weighted by atomic mass is 9.89. The number of aromatic nitrogens is 1. The minimum Gasteiger partial charge on any atom is -0.406 e. The molecule has 7 heteroatoms. The first-order valence-corrected chi connectivity index (χ1v) is 7.98. The van der Waals surface area contributed by atoms with Crippen LogP contribution in [0.4, 0.5) is 24.5 Å². The molecule has 0 aliphatic heterocycles. The van der Waals surface area contributed by atoms with E-state index < -0.39 is 6.36 Å². The van der Waals surface area contributed by atoms with Gasteiger partial charge in [0.2, 0.25) is 0 Å². The highest BCUT2D eigenvalue weighted by atomic mass is 19.4. The number of hydrogen-bond donors (Lipinski definition) is 1. The number of hydrogen-bond acceptors (Lipinski definition) is 4. The van der Waals surface area contributed by atoms with Crippen molar-refractivity contribution in [2.45, 2.75) is 39.0 Å². The maximum absolute atomic E-state index is 12.4. The summed E-state index contributed by atoms with van der Waals surface area (Å²) in [4.78, 5) is 16.0. The fourth-order valence-electron chi connectivity index (χ4n) is 3.09. The summed E-state index contributed by atoms with van der Waals surface area (Å²) in [5.74, 6) is -0.370. The van der Waals surface area contributed by atoms with Crippen molar-refractivity contribution in [3.63, 3.8) is 0 Å². The van der Waals surface area contributed by atoms with Gasteiger partial charge in [0.05, 0.1) is 11.9 Å². The molecule has 1 aliphatic carbocycles. The number of rotatable bonds is 4. The molecule has 0 radical (unpaired) electrons. The van der Waals surface area contributed by atoms with Gasteiger partial charge in [-0.3, -0.25) is 9.78 Å². The number of pyridine rings is 1. The van der Waals surface area contributed by atoms with Crippen LogP contribution >= 0.6 is 0 Å². The molecule has 0 atom stereocenters. The number of anilines is 2. The van der Waals surface area contributed by atoms with Gasteiger partial charge in [0.15, 0.2) is 5.78 Å². The molecule has 0 spiro atoms. The highest BCUT2D eigenvalue weighted by Crippen LogP contribution is 2.33. The van der Waals surface area contributed by atoms with Gasteiger partial charge in [0.25, 0.3) is 0 Å². The number of halogens is 3. The molecule has 1 aromatic carbocycles. The Balaban J connectivity index is 1.91. The van der Waals surface area contributed by atoms with Crippen LogP contribution in [0.25, 0.3) is 0 Å². The average Bonchev–Trinajstić information content (AvgIpc) is 2.53. The predicted octanol–water partition coefficient (Wildman–Crippen LogP) is 4.81. The highest BCUT2D eigenvalue weighted by Gasteiger charge is 2.31. The first-order chi connectivity index (χ1) is 11.8. The van der Waals surface area contributed by atoms with Crippen LogP contribution in [0, 0.1) is 0 Å². The van der Waals surface area contributed by atoms with Gasteiger partial charge in [-0.05, 0) is 48.9 Å². The van der Waals surface area contributed by atoms with Crippen molar-refractivity contribution in [1.82, 2.24) is 4.98 Å². The fraction of sp³-hybridized carbons (Fsp3) is 0.333. The van der Waals surface area contributed by atoms with E-state index in [1.165, 1.54) is 25.1 Å². The Morgan fingerprint density at radius 3 is 2.60 bits per heavy atom. The van der Waals surface area contributed by atoms with Crippen molar-refractivity contribution in [3.05, 3.63) is 47.3 Å². The number of Topliss-reactive ketones (excluding diaryl/α,β-unsaturated/α-hetero) is 1. The Kier molecular flexibility index (Phi) is 4.65. The molecule has 0 saturated heterocycles. The van der Waals surface area contributed by atoms with Crippen LogP contribution < -0.4 is 10.1 Å². The maximum Gasteiger partial charge on any atom is 0.573 e. The molecular formula is C18H17F3N2O2. The number of ketones is 1. The number of carbonyl (C=O) groups is 1. The molecule has 0 saturated carbocycles. The standard InChI is InChI=1S/C18H17F3N2O2/c1-11(24)17-15-8-3-2-7-14(15)16(10-22-17)23-12-5-4-6-13(9-12)25-18(19,20)21/h4-6,9-10,23H,2-3,7-8H2,1H3. The van der Waals surface area contributed by atoms with Crippen LogP contribution in [0.2, 0.25) is 0 Å². The van der Waals surface area contributed by atoms with Crippen molar-refractivity contribution in [2.24, 2.45) is 0 Å². The summed E-state index contributed by atoms with van der Waals surface area (Å²) in [6.45, 7) is 1.49. The number of benzene rings is 1. The van der Waals surface area contributed by atoms with E-state index in [0.717, 1.165) is 36.8 Å². The zero-order valence-corrected chi connectivity index (χ0v) is 13.6. The zero-order chi connectivity index (χ0) is 18.0. The second-order valence-electron chi connectivity index (χ2n) is 5.94. The number of ether oxygens (including phenoxy) is 1. The summed E-state index contributed by atoms with van der Waals surface area (Å²) in [6.07, 6.45) is 0.414. The summed E-state index contributed by atoms with van der Waals surface area (Å²) in [5.41, 5.74) is 3.60. The molecule has 1 N–H and O–H groups in total. The fourth-order valence-corrected chi connectivity index (χ4v) is 3.09. The Labute approximate surface area is 143 Å². The van der Waals surface area contributed by atoms with Crippen LogP contribution in [-0.4, -0.2) is 17.1 Å². The van der Waals surface area contributed by atoms with Crippen LogP contribution in [0.3, 0.4) is 0 Å². The van der Waals surface area contributed by atoms with Gasteiger partial charge < -0.3 is 10.1 Å². The van der Waals surface area contributed by atoms with Gasteiger partial charge in [-0.25, -0.2) is 0 Å². The second-order valence-corrected chi connectivity index (χ2v) is 5.94. The van der Waals surface area contributed by atoms with Crippen LogP contribution in [0.1, 0.15) is 41.4 Å². The van der Waals surface area contributed by atoms with E-state index in [0.29, 0.717) is 17.1 Å². The topological polar surface area (TPSA) is 51.2 Å². The summed E-state index contributed by atoms with van der Waals surface area (Å²) < 4.78 is 41.0. The smallest absolute Gasteiger partial charge is 0.406 e. The summed E-state index contributed by atoms with van der Waals surface area (Å²) in [5, 5.41) is 3.10. The predicted molar refractivity (Wildman–Crippen MR) is 87.3 cm³/mol. The van der Waals surface area contributed by atoms with Crippen molar-refractivity contribution >= 4 is 17.2 Å². The number of nitrogens with zero attached hydrogens (tertiary/aromatic N) is 1. The lowest BCUT2D eigenvalue weighted by Crippen LogP contribution is -2.17. The van der Waals surface area contributed by atoms with Gasteiger partial charge in [-0.2, -0.15) is 0 Å². The molecule has 1 heterocycles. The van der Waals surface area contributed by atoms with E-state index in [1.54, 1.807) is 12.3 Å². The van der Waals surface area contributed by atoms with E-state index in [2.05, 4.69) is 15.0 Å². The van der Waals surface area contributed by atoms with Gasteiger partial charge in [-0.1, -0.05) is 6.07 Å². The second kappa shape index (κ2) is 6.74. The molecule has 0 unspecified atom stereocenters. The van der Waals surface area contributed by atoms with E-state index in [9.17, 15) is 18.0 Å². The van der Waals surface area contributed by atoms with E-state index >= 15 is 0 Å². The van der Waals surface area contributed by atoms with Crippen molar-refractivity contribution in [2.75, 3.05) is 5.32 Å². The zero-order valence-electron chi connectivity index (χ0n) is 13.6. The molecule has 0 fully saturated rings. The van der Waals surface area contributed by atoms with E-state index in [4.69, 9.17) is 0 Å². The lowest BCUT2D eigenvalue weighted by molar-refractivity contribution is -0.274. The molecule has 25 heavy (non-hydrogen) atoms. The molecule has 4 nitrogen and oxygen atoms in total. The minimum atomic E-state index is -4.73. The van der Waals surface area contributed by atoms with Gasteiger partial charge >= 0.3 is 6.36 Å². The first kappa shape index (κ1) is 17.3. The summed E-state index contributed by atoms with van der Waals surface area (Å²) in [6, 6.07) is 5.65. The Morgan fingerprint density at radius 2 is 1.92 bits per heavy atom. The Hall–Kier alpha value is -2.57. The SMILES string of the molecule is CC(=O)c1ncc(Nc2cccc(OC(F)(F)F)c2)c2c1CCCC2. The summed E-state index contributed by atoms with van der Waals surface area (Å²) in [7, 11) is 0. The normalized spacial score (nSPS) is 13.9. The first-order valence-electron chi connectivity index (χ1n) is 7.98. The Bertz CT molecular complexity index is 803. The van der Waals surface area contributed by atoms with Gasteiger partial charge in [0.1, 0.15) is 11.4 Å². The quantitative estimate of drug-likeness (QED) is 0.805. The highest BCUT2D eigenvalue weighted by molar-refractivity contribution is 5.94. The largest absolute Gasteiger partial charge is 0.573 e. The third-order valence-corrected chi connectivity index (χ3v) is 4.08. The molecule has 1 aromatic heterocycles. The van der Waals surface area contributed by atoms with Crippen LogP contribution in [0.15, 0.2) is 30.5 Å². The van der Waals surface area contributed by atoms with E-state index in [-0.39, 0.29) is 11.5 Å². The van der Waals surface area contributed by atoms with Crippen LogP contribution in [-0.2, 0) is 12.8 Å². The molecule has 1 aliphatic rings. The monoisotopic (exact) mass is 350 g/mol. The Morgan fingerprint density at radius 1 is 1.20 bits per heavy atom. The molecule has 2 aromatic rings. The molecule has 132 valence electrons. The molecular weight excluding hydrogens is 333 g/mol. The van der Waals surface area contributed by atoms with Crippen molar-refractivity contribution < 1.29 is 22.7 Å². The van der Waals surface area contributed by atoms with Crippen molar-refractivity contribution in [1.29, 1.82) is 0 Å². The molecule has 0 bridgehead atoms. The number of fused-ring (bicyclic) bond motifs is 1. The number of alkyl halides is 3. The molecule has 0 amide bonds. The number of carbonyl (C=O) groups excluding carboxylic acids is 1. The van der Waals surface area contributed by atoms with Crippen LogP contribution in [0.5, 0.6) is 5.75 Å². The average molecular weight is 350 g/mol. The van der Waals surface area contributed by atoms with Gasteiger partial charge in [-0.15, -0.1) is 13.2 Å². The van der Waals surface area contributed by atoms with Gasteiger partial charge in [0, 0.05) is 18.7 Å². The summed E-state index contributed by atoms with van der Waals surface area (Å²) >= 11 is 0. The lowest BCUT2D eigenvalue weighted by Gasteiger charge is -2.22. The third kappa shape index (κ3) is 4.10.